The fourth-order valence-corrected chi connectivity index (χ4v) is 4.15. The minimum absolute atomic E-state index is 0.0173. The van der Waals surface area contributed by atoms with Crippen molar-refractivity contribution < 1.29 is 17.9 Å². The molecule has 0 radical (unpaired) electrons. The first kappa shape index (κ1) is 16.8. The molecule has 0 unspecified atom stereocenters. The quantitative estimate of drug-likeness (QED) is 0.785. The second-order valence-electron chi connectivity index (χ2n) is 5.42. The molecule has 1 aromatic carbocycles. The van der Waals surface area contributed by atoms with Crippen LogP contribution < -0.4 is 19.5 Å². The molecule has 128 valence electrons. The van der Waals surface area contributed by atoms with Gasteiger partial charge in [0.15, 0.2) is 11.5 Å². The largest absolute Gasteiger partial charge is 0.486 e. The van der Waals surface area contributed by atoms with Crippen molar-refractivity contribution in [2.75, 3.05) is 52.5 Å². The molecule has 0 bridgehead atoms. The van der Waals surface area contributed by atoms with E-state index < -0.39 is 10.0 Å². The van der Waals surface area contributed by atoms with Crippen LogP contribution >= 0.6 is 11.6 Å². The van der Waals surface area contributed by atoms with Crippen LogP contribution in [0.4, 0.5) is 0 Å². The molecule has 3 rings (SSSR count). The Kier molecular flexibility index (Phi) is 5.27. The fourth-order valence-electron chi connectivity index (χ4n) is 2.60. The molecule has 0 aliphatic carbocycles. The number of halogens is 1. The summed E-state index contributed by atoms with van der Waals surface area (Å²) in [6, 6.07) is 2.91. The average molecular weight is 362 g/mol. The third-order valence-electron chi connectivity index (χ3n) is 3.82. The van der Waals surface area contributed by atoms with E-state index >= 15 is 0 Å². The number of nitrogens with zero attached hydrogens (tertiary/aromatic N) is 1. The Morgan fingerprint density at radius 3 is 2.52 bits per heavy atom. The topological polar surface area (TPSA) is 79.9 Å². The Bertz CT molecular complexity index is 662. The van der Waals surface area contributed by atoms with E-state index in [-0.39, 0.29) is 9.92 Å². The van der Waals surface area contributed by atoms with E-state index in [0.29, 0.717) is 37.8 Å². The van der Waals surface area contributed by atoms with Gasteiger partial charge in [-0.1, -0.05) is 11.6 Å². The van der Waals surface area contributed by atoms with Gasteiger partial charge in [0, 0.05) is 51.4 Å². The van der Waals surface area contributed by atoms with Crippen molar-refractivity contribution in [3.63, 3.8) is 0 Å². The highest BCUT2D eigenvalue weighted by molar-refractivity contribution is 7.89. The predicted molar refractivity (Wildman–Crippen MR) is 86.9 cm³/mol. The van der Waals surface area contributed by atoms with Crippen LogP contribution in [0.2, 0.25) is 5.02 Å². The van der Waals surface area contributed by atoms with E-state index in [0.717, 1.165) is 26.2 Å². The maximum absolute atomic E-state index is 12.5. The maximum atomic E-state index is 12.5. The lowest BCUT2D eigenvalue weighted by Gasteiger charge is -2.27. The van der Waals surface area contributed by atoms with Crippen LogP contribution in [0.1, 0.15) is 0 Å². The van der Waals surface area contributed by atoms with Crippen molar-refractivity contribution in [2.24, 2.45) is 0 Å². The third kappa shape index (κ3) is 4.07. The molecule has 0 saturated carbocycles. The molecular weight excluding hydrogens is 342 g/mol. The standard InChI is InChI=1S/C14H20ClN3O4S/c15-11-9-12-13(22-8-7-21-12)10-14(11)23(19,20)17-3-6-18-4-1-16-2-5-18/h9-10,16-17H,1-8H2. The summed E-state index contributed by atoms with van der Waals surface area (Å²) in [5, 5.41) is 3.39. The second kappa shape index (κ2) is 7.23. The van der Waals surface area contributed by atoms with Crippen LogP contribution in [0.15, 0.2) is 17.0 Å². The summed E-state index contributed by atoms with van der Waals surface area (Å²) < 4.78 is 38.3. The van der Waals surface area contributed by atoms with E-state index in [1.165, 1.54) is 12.1 Å². The maximum Gasteiger partial charge on any atom is 0.242 e. The summed E-state index contributed by atoms with van der Waals surface area (Å²) >= 11 is 6.10. The minimum atomic E-state index is -3.69. The van der Waals surface area contributed by atoms with Crippen LogP contribution in [-0.2, 0) is 10.0 Å². The van der Waals surface area contributed by atoms with Crippen molar-refractivity contribution in [3.8, 4) is 11.5 Å². The van der Waals surface area contributed by atoms with E-state index in [1.807, 2.05) is 0 Å². The molecule has 0 spiro atoms. The zero-order valence-corrected chi connectivity index (χ0v) is 14.3. The third-order valence-corrected chi connectivity index (χ3v) is 5.74. The summed E-state index contributed by atoms with van der Waals surface area (Å²) in [7, 11) is -3.69. The molecular formula is C14H20ClN3O4S. The molecule has 23 heavy (non-hydrogen) atoms. The monoisotopic (exact) mass is 361 g/mol. The summed E-state index contributed by atoms with van der Waals surface area (Å²) in [6.45, 7) is 5.54. The zero-order valence-electron chi connectivity index (χ0n) is 12.7. The summed E-state index contributed by atoms with van der Waals surface area (Å²) in [4.78, 5) is 2.23. The molecule has 2 aliphatic rings. The molecule has 0 atom stereocenters. The Labute approximate surface area is 140 Å². The lowest BCUT2D eigenvalue weighted by atomic mass is 10.3. The lowest BCUT2D eigenvalue weighted by Crippen LogP contribution is -2.46. The first-order valence-corrected chi connectivity index (χ1v) is 9.44. The molecule has 1 fully saturated rings. The average Bonchev–Trinajstić information content (AvgIpc) is 2.55. The van der Waals surface area contributed by atoms with Gasteiger partial charge in [-0.2, -0.15) is 0 Å². The van der Waals surface area contributed by atoms with Crippen LogP contribution in [0.25, 0.3) is 0 Å². The first-order chi connectivity index (χ1) is 11.1. The van der Waals surface area contributed by atoms with Gasteiger partial charge in [0.05, 0.1) is 5.02 Å². The van der Waals surface area contributed by atoms with Gasteiger partial charge in [-0.05, 0) is 0 Å². The molecule has 2 heterocycles. The molecule has 0 amide bonds. The molecule has 2 aliphatic heterocycles. The Hall–Kier alpha value is -1.06. The number of nitrogens with one attached hydrogen (secondary N) is 2. The van der Waals surface area contributed by atoms with E-state index in [9.17, 15) is 8.42 Å². The number of ether oxygens (including phenoxy) is 2. The van der Waals surface area contributed by atoms with Crippen molar-refractivity contribution >= 4 is 21.6 Å². The SMILES string of the molecule is O=S(=O)(NCCN1CCNCC1)c1cc2c(cc1Cl)OCCO2. The number of piperazine rings is 1. The molecule has 9 heteroatoms. The van der Waals surface area contributed by atoms with Crippen molar-refractivity contribution in [2.45, 2.75) is 4.90 Å². The number of sulfonamides is 1. The van der Waals surface area contributed by atoms with Gasteiger partial charge >= 0.3 is 0 Å². The minimum Gasteiger partial charge on any atom is -0.486 e. The van der Waals surface area contributed by atoms with E-state index in [2.05, 4.69) is 14.9 Å². The first-order valence-electron chi connectivity index (χ1n) is 7.58. The van der Waals surface area contributed by atoms with Gasteiger partial charge in [0.25, 0.3) is 0 Å². The molecule has 0 aromatic heterocycles. The van der Waals surface area contributed by atoms with Crippen LogP contribution in [0.5, 0.6) is 11.5 Å². The van der Waals surface area contributed by atoms with Crippen LogP contribution in [-0.4, -0.2) is 65.8 Å². The van der Waals surface area contributed by atoms with Crippen LogP contribution in [0.3, 0.4) is 0 Å². The molecule has 7 nitrogen and oxygen atoms in total. The number of rotatable bonds is 5. The zero-order chi connectivity index (χ0) is 16.3. The van der Waals surface area contributed by atoms with E-state index in [4.69, 9.17) is 21.1 Å². The molecule has 1 saturated heterocycles. The number of fused-ring (bicyclic) bond motifs is 1. The van der Waals surface area contributed by atoms with E-state index in [1.54, 1.807) is 0 Å². The number of hydrogen-bond donors (Lipinski definition) is 2. The smallest absolute Gasteiger partial charge is 0.242 e. The fraction of sp³-hybridized carbons (Fsp3) is 0.571. The normalized spacial score (nSPS) is 18.8. The Balaban J connectivity index is 1.66. The van der Waals surface area contributed by atoms with Gasteiger partial charge in [-0.15, -0.1) is 0 Å². The van der Waals surface area contributed by atoms with Crippen molar-refractivity contribution in [3.05, 3.63) is 17.2 Å². The highest BCUT2D eigenvalue weighted by atomic mass is 35.5. The van der Waals surface area contributed by atoms with Crippen molar-refractivity contribution in [1.82, 2.24) is 14.9 Å². The predicted octanol–water partition coefficient (Wildman–Crippen LogP) is 0.295. The van der Waals surface area contributed by atoms with Crippen LogP contribution in [0, 0.1) is 0 Å². The lowest BCUT2D eigenvalue weighted by molar-refractivity contribution is 0.171. The Morgan fingerprint density at radius 2 is 1.83 bits per heavy atom. The molecule has 1 aromatic rings. The highest BCUT2D eigenvalue weighted by Crippen LogP contribution is 2.37. The second-order valence-corrected chi connectivity index (χ2v) is 7.56. The van der Waals surface area contributed by atoms with Gasteiger partial charge in [-0.25, -0.2) is 13.1 Å². The van der Waals surface area contributed by atoms with Gasteiger partial charge in [-0.3, -0.25) is 4.90 Å². The summed E-state index contributed by atoms with van der Waals surface area (Å²) in [5.41, 5.74) is 0. The van der Waals surface area contributed by atoms with Crippen molar-refractivity contribution in [1.29, 1.82) is 0 Å². The summed E-state index contributed by atoms with van der Waals surface area (Å²) in [5.74, 6) is 0.879. The van der Waals surface area contributed by atoms with Gasteiger partial charge in [0.1, 0.15) is 18.1 Å². The molecule has 2 N–H and O–H groups in total. The number of benzene rings is 1. The highest BCUT2D eigenvalue weighted by Gasteiger charge is 2.23. The van der Waals surface area contributed by atoms with Gasteiger partial charge in [0.2, 0.25) is 10.0 Å². The van der Waals surface area contributed by atoms with Gasteiger partial charge < -0.3 is 14.8 Å². The summed E-state index contributed by atoms with van der Waals surface area (Å²) in [6.07, 6.45) is 0. The number of hydrogen-bond acceptors (Lipinski definition) is 6. The Morgan fingerprint density at radius 1 is 1.17 bits per heavy atom.